The molecule has 4 aliphatic heterocycles. The third-order valence-corrected chi connectivity index (χ3v) is 10.2. The molecule has 2 aromatic carbocycles. The second-order valence-corrected chi connectivity index (χ2v) is 12.5. The van der Waals surface area contributed by atoms with Gasteiger partial charge in [0, 0.05) is 28.3 Å². The van der Waals surface area contributed by atoms with E-state index in [-0.39, 0.29) is 5.97 Å². The number of allylic oxidation sites excluding steroid dienone is 1. The largest absolute Gasteiger partial charge is 0.485 e. The number of ether oxygens (including phenoxy) is 6. The van der Waals surface area contributed by atoms with Crippen LogP contribution in [0.25, 0.3) is 32.0 Å². The maximum Gasteiger partial charge on any atom is 0.344 e. The lowest BCUT2D eigenvalue weighted by Gasteiger charge is -2.19. The molecule has 10 heteroatoms. The second kappa shape index (κ2) is 9.87. The lowest BCUT2D eigenvalue weighted by Crippen LogP contribution is -2.16. The average Bonchev–Trinajstić information content (AvgIpc) is 3.82. The molecule has 0 bridgehead atoms. The molecule has 0 N–H and O–H groups in total. The molecule has 0 amide bonds. The summed E-state index contributed by atoms with van der Waals surface area (Å²) in [7, 11) is 0. The molecule has 44 heavy (non-hydrogen) atoms. The Morgan fingerprint density at radius 2 is 1.14 bits per heavy atom. The Labute approximate surface area is 259 Å². The summed E-state index contributed by atoms with van der Waals surface area (Å²) in [6.45, 7) is 2.12. The lowest BCUT2D eigenvalue weighted by atomic mass is 9.86. The van der Waals surface area contributed by atoms with E-state index in [4.69, 9.17) is 28.4 Å². The van der Waals surface area contributed by atoms with Crippen LogP contribution in [0.2, 0.25) is 0 Å². The van der Waals surface area contributed by atoms with Crippen LogP contribution < -0.4 is 18.9 Å². The van der Waals surface area contributed by atoms with Crippen molar-refractivity contribution in [3.8, 4) is 43.9 Å². The van der Waals surface area contributed by atoms with Gasteiger partial charge in [-0.15, -0.1) is 22.7 Å². The van der Waals surface area contributed by atoms with Gasteiger partial charge in [0.1, 0.15) is 38.3 Å². The molecule has 6 heterocycles. The number of thiophene rings is 2. The summed E-state index contributed by atoms with van der Waals surface area (Å²) in [5.74, 6) is 2.71. The van der Waals surface area contributed by atoms with Gasteiger partial charge in [-0.3, -0.25) is 0 Å². The summed E-state index contributed by atoms with van der Waals surface area (Å²) in [5.41, 5.74) is 5.90. The van der Waals surface area contributed by atoms with Crippen LogP contribution in [0.1, 0.15) is 17.5 Å². The predicted molar refractivity (Wildman–Crippen MR) is 164 cm³/mol. The molecular weight excluding hydrogens is 601 g/mol. The lowest BCUT2D eigenvalue weighted by molar-refractivity contribution is -0.138. The van der Waals surface area contributed by atoms with Crippen molar-refractivity contribution in [1.82, 2.24) is 0 Å². The Balaban J connectivity index is 1.03. The van der Waals surface area contributed by atoms with Gasteiger partial charge in [-0.2, -0.15) is 0 Å². The first kappa shape index (κ1) is 25.7. The van der Waals surface area contributed by atoms with E-state index in [1.165, 1.54) is 0 Å². The summed E-state index contributed by atoms with van der Waals surface area (Å²) < 4.78 is 34.6. The van der Waals surface area contributed by atoms with Crippen LogP contribution in [0.15, 0.2) is 82.3 Å². The third kappa shape index (κ3) is 3.94. The number of carbonyl (C=O) groups is 2. The topological polar surface area (TPSA) is 89.5 Å². The van der Waals surface area contributed by atoms with E-state index in [9.17, 15) is 9.59 Å². The number of hydrogen-bond acceptors (Lipinski definition) is 10. The van der Waals surface area contributed by atoms with Gasteiger partial charge < -0.3 is 28.4 Å². The molecule has 1 aliphatic carbocycles. The van der Waals surface area contributed by atoms with Crippen molar-refractivity contribution in [2.24, 2.45) is 0 Å². The first-order chi connectivity index (χ1) is 21.6. The first-order valence-corrected chi connectivity index (χ1v) is 16.0. The number of fused-ring (bicyclic) bond motifs is 4. The Morgan fingerprint density at radius 3 is 1.73 bits per heavy atom. The van der Waals surface area contributed by atoms with Crippen LogP contribution in [-0.2, 0) is 19.1 Å². The molecule has 0 saturated carbocycles. The zero-order chi connectivity index (χ0) is 29.4. The third-order valence-electron chi connectivity index (χ3n) is 8.24. The molecule has 2 aromatic heterocycles. The van der Waals surface area contributed by atoms with Gasteiger partial charge in [-0.1, -0.05) is 48.5 Å². The highest BCUT2D eigenvalue weighted by atomic mass is 32.1. The summed E-state index contributed by atoms with van der Waals surface area (Å²) in [6, 6.07) is 15.5. The highest BCUT2D eigenvalue weighted by Crippen LogP contribution is 2.49. The molecule has 0 saturated heterocycles. The number of hydrogen-bond donors (Lipinski definition) is 0. The van der Waals surface area contributed by atoms with Crippen molar-refractivity contribution in [2.75, 3.05) is 26.4 Å². The van der Waals surface area contributed by atoms with Gasteiger partial charge >= 0.3 is 11.9 Å². The molecule has 4 aromatic rings. The van der Waals surface area contributed by atoms with Crippen LogP contribution in [0.5, 0.6) is 23.0 Å². The van der Waals surface area contributed by atoms with E-state index in [1.807, 2.05) is 59.3 Å². The molecule has 0 radical (unpaired) electrons. The molecule has 1 atom stereocenters. The molecule has 218 valence electrons. The number of benzene rings is 2. The fraction of sp³-hybridized carbons (Fsp3) is 0.176. The summed E-state index contributed by atoms with van der Waals surface area (Å²) in [4.78, 5) is 28.3. The Bertz CT molecular complexity index is 1970. The maximum atomic E-state index is 13.1. The normalized spacial score (nSPS) is 19.8. The van der Waals surface area contributed by atoms with Crippen molar-refractivity contribution in [3.63, 3.8) is 0 Å². The van der Waals surface area contributed by atoms with Crippen LogP contribution in [-0.4, -0.2) is 44.5 Å². The molecule has 0 fully saturated rings. The van der Waals surface area contributed by atoms with Crippen LogP contribution in [0, 0.1) is 0 Å². The van der Waals surface area contributed by atoms with E-state index < -0.39 is 12.1 Å². The van der Waals surface area contributed by atoms with E-state index in [1.54, 1.807) is 28.7 Å². The minimum Gasteiger partial charge on any atom is -0.485 e. The van der Waals surface area contributed by atoms with Crippen molar-refractivity contribution >= 4 is 45.8 Å². The minimum atomic E-state index is -0.496. The maximum absolute atomic E-state index is 13.1. The number of carbonyl (C=O) groups excluding carboxylic acids is 2. The van der Waals surface area contributed by atoms with Crippen LogP contribution in [0.4, 0.5) is 0 Å². The van der Waals surface area contributed by atoms with E-state index in [0.717, 1.165) is 66.2 Å². The highest BCUT2D eigenvalue weighted by Gasteiger charge is 2.43. The monoisotopic (exact) mass is 622 g/mol. The highest BCUT2D eigenvalue weighted by molar-refractivity contribution is 7.14. The standard InChI is InChI=1S/C34H22O8S2/c35-33-27(17-1-5-19(6-2-17)31-29-25(15-43-31)37-9-11-39-29)21-13-24-22(14-23(21)41-33)28(34(36)42-24)18-3-7-20(8-4-18)32-30-26(16-44-32)38-10-12-40-30/h1-8,13,15-16,23H,9-12,14H2. The molecule has 8 nitrogen and oxygen atoms in total. The van der Waals surface area contributed by atoms with Gasteiger partial charge in [0.2, 0.25) is 0 Å². The van der Waals surface area contributed by atoms with Gasteiger partial charge in [-0.05, 0) is 28.3 Å². The van der Waals surface area contributed by atoms with Gasteiger partial charge in [0.05, 0.1) is 20.9 Å². The van der Waals surface area contributed by atoms with E-state index in [0.29, 0.717) is 49.8 Å². The molecular formula is C34H22O8S2. The smallest absolute Gasteiger partial charge is 0.344 e. The summed E-state index contributed by atoms with van der Waals surface area (Å²) in [6.07, 6.45) is 1.65. The van der Waals surface area contributed by atoms with Gasteiger partial charge in [0.15, 0.2) is 23.0 Å². The Hall–Kier alpha value is -4.80. The average molecular weight is 623 g/mol. The minimum absolute atomic E-state index is 0.361. The molecule has 5 aliphatic rings. The summed E-state index contributed by atoms with van der Waals surface area (Å²) >= 11 is 3.13. The number of rotatable bonds is 4. The quantitative estimate of drug-likeness (QED) is 0.234. The SMILES string of the molecule is O=C1OC2=CC3=C(c4ccc(-c5scc6c5OCCO6)cc4)C(=O)OC3CC2=C1c1ccc(-c2scc3c2OCCO3)cc1. The fourth-order valence-corrected chi connectivity index (χ4v) is 8.11. The van der Waals surface area contributed by atoms with Crippen molar-refractivity contribution in [2.45, 2.75) is 12.5 Å². The zero-order valence-corrected chi connectivity index (χ0v) is 24.7. The van der Waals surface area contributed by atoms with Gasteiger partial charge in [0.25, 0.3) is 0 Å². The van der Waals surface area contributed by atoms with Crippen molar-refractivity contribution in [1.29, 1.82) is 0 Å². The number of esters is 2. The van der Waals surface area contributed by atoms with Crippen LogP contribution in [0.3, 0.4) is 0 Å². The molecule has 9 rings (SSSR count). The van der Waals surface area contributed by atoms with Crippen molar-refractivity contribution < 1.29 is 38.0 Å². The Morgan fingerprint density at radius 1 is 0.614 bits per heavy atom. The fourth-order valence-electron chi connectivity index (χ4n) is 6.23. The second-order valence-electron chi connectivity index (χ2n) is 10.7. The van der Waals surface area contributed by atoms with E-state index >= 15 is 0 Å². The van der Waals surface area contributed by atoms with Crippen LogP contribution >= 0.6 is 22.7 Å². The Kier molecular flexibility index (Phi) is 5.76. The van der Waals surface area contributed by atoms with Crippen molar-refractivity contribution in [3.05, 3.63) is 93.4 Å². The van der Waals surface area contributed by atoms with E-state index in [2.05, 4.69) is 0 Å². The summed E-state index contributed by atoms with van der Waals surface area (Å²) in [5, 5.41) is 3.90. The predicted octanol–water partition coefficient (Wildman–Crippen LogP) is 6.66. The van der Waals surface area contributed by atoms with Gasteiger partial charge in [-0.25, -0.2) is 9.59 Å². The molecule has 0 spiro atoms. The molecule has 1 unspecified atom stereocenters. The zero-order valence-electron chi connectivity index (χ0n) is 23.0. The first-order valence-electron chi connectivity index (χ1n) is 14.2.